The minimum atomic E-state index is -0.641. The van der Waals surface area contributed by atoms with Gasteiger partial charge in [0.25, 0.3) is 0 Å². The van der Waals surface area contributed by atoms with E-state index in [1.54, 1.807) is 60.7 Å². The minimum Gasteiger partial charge on any atom is -0.508 e. The molecule has 0 spiro atoms. The third kappa shape index (κ3) is 4.93. The highest BCUT2D eigenvalue weighted by Crippen LogP contribution is 2.39. The van der Waals surface area contributed by atoms with Crippen molar-refractivity contribution >= 4 is 5.97 Å². The average molecular weight is 461 g/mol. The van der Waals surface area contributed by atoms with E-state index >= 15 is 0 Å². The summed E-state index contributed by atoms with van der Waals surface area (Å²) in [6.07, 6.45) is 0.527. The number of carbonyl (C=O) groups is 1. The molecule has 0 aliphatic carbocycles. The lowest BCUT2D eigenvalue weighted by atomic mass is 9.80. The maximum atomic E-state index is 13.3. The van der Waals surface area contributed by atoms with Gasteiger partial charge in [-0.3, -0.25) is 0 Å². The molecule has 3 aromatic carbocycles. The van der Waals surface area contributed by atoms with Gasteiger partial charge in [-0.25, -0.2) is 4.79 Å². The van der Waals surface area contributed by atoms with Crippen LogP contribution in [0, 0.1) is 0 Å². The summed E-state index contributed by atoms with van der Waals surface area (Å²) in [5.74, 6) is -0.127. The van der Waals surface area contributed by atoms with Crippen molar-refractivity contribution in [2.75, 3.05) is 0 Å². The quantitative estimate of drug-likeness (QED) is 0.469. The van der Waals surface area contributed by atoms with Crippen molar-refractivity contribution in [3.8, 4) is 33.8 Å². The highest BCUT2D eigenvalue weighted by Gasteiger charge is 2.47. The second kappa shape index (κ2) is 8.78. The van der Waals surface area contributed by atoms with Crippen LogP contribution in [0.15, 0.2) is 66.7 Å². The van der Waals surface area contributed by atoms with Crippen LogP contribution >= 0.6 is 0 Å². The van der Waals surface area contributed by atoms with Crippen molar-refractivity contribution in [3.63, 3.8) is 0 Å². The molecule has 6 heteroatoms. The third-order valence-electron chi connectivity index (χ3n) is 6.40. The van der Waals surface area contributed by atoms with E-state index < -0.39 is 17.0 Å². The van der Waals surface area contributed by atoms with Crippen LogP contribution in [0.1, 0.15) is 50.9 Å². The fourth-order valence-electron chi connectivity index (χ4n) is 4.86. The zero-order valence-corrected chi connectivity index (χ0v) is 19.9. The lowest BCUT2D eigenvalue weighted by molar-refractivity contribution is -0.298. The van der Waals surface area contributed by atoms with Crippen LogP contribution in [-0.4, -0.2) is 38.4 Å². The number of carbonyl (C=O) groups excluding carboxylic acids is 1. The van der Waals surface area contributed by atoms with Gasteiger partial charge in [0, 0.05) is 23.9 Å². The predicted molar refractivity (Wildman–Crippen MR) is 130 cm³/mol. The largest absolute Gasteiger partial charge is 0.508 e. The van der Waals surface area contributed by atoms with Gasteiger partial charge in [0.1, 0.15) is 17.6 Å². The summed E-state index contributed by atoms with van der Waals surface area (Å²) in [5, 5.41) is 33.1. The molecule has 3 aromatic rings. The number of piperidine rings is 1. The molecule has 0 bridgehead atoms. The molecule has 1 aliphatic rings. The Balaban J connectivity index is 1.69. The van der Waals surface area contributed by atoms with Gasteiger partial charge in [-0.2, -0.15) is 0 Å². The molecule has 1 radical (unpaired) electrons. The van der Waals surface area contributed by atoms with Crippen molar-refractivity contribution in [1.29, 1.82) is 0 Å². The highest BCUT2D eigenvalue weighted by atomic mass is 16.5. The van der Waals surface area contributed by atoms with Gasteiger partial charge in [-0.15, -0.1) is 10.3 Å². The van der Waals surface area contributed by atoms with Crippen LogP contribution in [0.25, 0.3) is 22.3 Å². The first-order valence-electron chi connectivity index (χ1n) is 11.4. The number of esters is 1. The SMILES string of the molecule is CC1(C)CC(OC(=O)c2cc(-c3ccc(O)cc3)cc(-c3ccc(O)cc3)c2)CC(C)(C)N1[O]. The first-order valence-corrected chi connectivity index (χ1v) is 11.4. The standard InChI is InChI=1S/C28H30NO5/c1-27(2)16-25(17-28(3,4)29(27)33)34-26(32)22-14-20(18-5-9-23(30)10-6-18)13-21(15-22)19-7-11-24(31)12-8-19/h5-15,25,30-31H,16-17H2,1-4H3. The molecule has 2 N–H and O–H groups in total. The van der Waals surface area contributed by atoms with Crippen molar-refractivity contribution in [1.82, 2.24) is 5.06 Å². The maximum absolute atomic E-state index is 13.3. The lowest BCUT2D eigenvalue weighted by Crippen LogP contribution is -2.60. The topological polar surface area (TPSA) is 89.9 Å². The molecule has 1 fully saturated rings. The summed E-state index contributed by atoms with van der Waals surface area (Å²) < 4.78 is 5.93. The monoisotopic (exact) mass is 460 g/mol. The Labute approximate surface area is 200 Å². The van der Waals surface area contributed by atoms with Gasteiger partial charge >= 0.3 is 5.97 Å². The first kappa shape index (κ1) is 23.8. The van der Waals surface area contributed by atoms with Crippen LogP contribution in [0.5, 0.6) is 11.5 Å². The Morgan fingerprint density at radius 1 is 0.765 bits per heavy atom. The number of rotatable bonds is 4. The number of phenols is 2. The number of hydroxylamine groups is 2. The van der Waals surface area contributed by atoms with E-state index in [-0.39, 0.29) is 17.6 Å². The fraction of sp³-hybridized carbons (Fsp3) is 0.321. The Bertz CT molecular complexity index is 1100. The number of benzene rings is 3. The van der Waals surface area contributed by atoms with Crippen molar-refractivity contribution in [3.05, 3.63) is 72.3 Å². The predicted octanol–water partition coefficient (Wildman–Crippen LogP) is 5.96. The molecule has 1 heterocycles. The van der Waals surface area contributed by atoms with Crippen LogP contribution in [0.2, 0.25) is 0 Å². The Morgan fingerprint density at radius 2 is 1.18 bits per heavy atom. The summed E-state index contributed by atoms with van der Waals surface area (Å²) in [6, 6.07) is 19.0. The summed E-state index contributed by atoms with van der Waals surface area (Å²) >= 11 is 0. The van der Waals surface area contributed by atoms with Crippen molar-refractivity contribution < 1.29 is 25.0 Å². The molecule has 0 aromatic heterocycles. The second-order valence-corrected chi connectivity index (χ2v) is 10.2. The van der Waals surface area contributed by atoms with Crippen LogP contribution in [-0.2, 0) is 9.94 Å². The van der Waals surface area contributed by atoms with Gasteiger partial charge in [0.15, 0.2) is 0 Å². The van der Waals surface area contributed by atoms with E-state index in [9.17, 15) is 20.2 Å². The van der Waals surface area contributed by atoms with Gasteiger partial charge in [0.05, 0.1) is 5.56 Å². The van der Waals surface area contributed by atoms with Crippen molar-refractivity contribution in [2.24, 2.45) is 0 Å². The maximum Gasteiger partial charge on any atom is 0.338 e. The molecule has 177 valence electrons. The number of hydrogen-bond donors (Lipinski definition) is 2. The molecular weight excluding hydrogens is 430 g/mol. The van der Waals surface area contributed by atoms with Gasteiger partial charge in [0.2, 0.25) is 0 Å². The van der Waals surface area contributed by atoms with Crippen molar-refractivity contribution in [2.45, 2.75) is 57.7 Å². The molecular formula is C28H30NO5. The summed E-state index contributed by atoms with van der Waals surface area (Å²) in [5.41, 5.74) is 2.40. The Kier molecular flexibility index (Phi) is 6.14. The van der Waals surface area contributed by atoms with Gasteiger partial charge in [-0.05, 0) is 92.4 Å². The van der Waals surface area contributed by atoms with E-state index in [4.69, 9.17) is 4.74 Å². The molecule has 34 heavy (non-hydrogen) atoms. The Morgan fingerprint density at radius 3 is 1.59 bits per heavy atom. The molecule has 0 atom stereocenters. The molecule has 0 unspecified atom stereocenters. The number of hydrogen-bond acceptors (Lipinski definition) is 5. The average Bonchev–Trinajstić information content (AvgIpc) is 2.77. The number of phenolic OH excluding ortho intramolecular Hbond substituents is 2. The zero-order valence-electron chi connectivity index (χ0n) is 19.9. The molecule has 0 saturated carbocycles. The third-order valence-corrected chi connectivity index (χ3v) is 6.40. The fourth-order valence-corrected chi connectivity index (χ4v) is 4.86. The Hall–Kier alpha value is -3.35. The van der Waals surface area contributed by atoms with Crippen LogP contribution < -0.4 is 0 Å². The number of ether oxygens (including phenoxy) is 1. The normalized spacial score (nSPS) is 17.9. The molecule has 1 aliphatic heterocycles. The van der Waals surface area contributed by atoms with Crippen LogP contribution in [0.4, 0.5) is 0 Å². The van der Waals surface area contributed by atoms with E-state index in [1.807, 2.05) is 33.8 Å². The molecule has 4 rings (SSSR count). The van der Waals surface area contributed by atoms with Gasteiger partial charge in [-0.1, -0.05) is 24.3 Å². The molecule has 1 saturated heterocycles. The van der Waals surface area contributed by atoms with E-state index in [0.29, 0.717) is 18.4 Å². The molecule has 6 nitrogen and oxygen atoms in total. The number of nitrogens with zero attached hydrogens (tertiary/aromatic N) is 1. The van der Waals surface area contributed by atoms with E-state index in [2.05, 4.69) is 0 Å². The number of aromatic hydroxyl groups is 2. The first-order chi connectivity index (χ1) is 15.9. The summed E-state index contributed by atoms with van der Waals surface area (Å²) in [4.78, 5) is 13.3. The highest BCUT2D eigenvalue weighted by molar-refractivity contribution is 5.93. The smallest absolute Gasteiger partial charge is 0.338 e. The lowest BCUT2D eigenvalue weighted by Gasteiger charge is -2.49. The van der Waals surface area contributed by atoms with Crippen LogP contribution in [0.3, 0.4) is 0 Å². The van der Waals surface area contributed by atoms with Gasteiger partial charge < -0.3 is 14.9 Å². The minimum absolute atomic E-state index is 0.160. The molecule has 0 amide bonds. The van der Waals surface area contributed by atoms with E-state index in [0.717, 1.165) is 27.3 Å². The second-order valence-electron chi connectivity index (χ2n) is 10.2. The zero-order chi connectivity index (χ0) is 24.7. The van der Waals surface area contributed by atoms with E-state index in [1.165, 1.54) is 0 Å². The summed E-state index contributed by atoms with van der Waals surface area (Å²) in [6.45, 7) is 7.48. The summed E-state index contributed by atoms with van der Waals surface area (Å²) in [7, 11) is 0.